The molecule has 0 radical (unpaired) electrons. The van der Waals surface area contributed by atoms with E-state index in [1.165, 1.54) is 0 Å². The smallest absolute Gasteiger partial charge is 0.239 e. The largest absolute Gasteiger partial charge is 0.467 e. The van der Waals surface area contributed by atoms with Gasteiger partial charge < -0.3 is 20.4 Å². The molecule has 106 valence electrons. The molecule has 1 aromatic heterocycles. The predicted octanol–water partition coefficient (Wildman–Crippen LogP) is 0.186. The fourth-order valence-corrected chi connectivity index (χ4v) is 1.86. The van der Waals surface area contributed by atoms with Crippen molar-refractivity contribution in [1.82, 2.24) is 16.0 Å². The highest BCUT2D eigenvalue weighted by Crippen LogP contribution is 2.04. The lowest BCUT2D eigenvalue weighted by molar-refractivity contribution is -0.127. The van der Waals surface area contributed by atoms with E-state index in [9.17, 15) is 9.59 Å². The summed E-state index contributed by atoms with van der Waals surface area (Å²) in [4.78, 5) is 23.1. The summed E-state index contributed by atoms with van der Waals surface area (Å²) in [6.45, 7) is 1.20. The molecular formula is C12H18ClN3O3. The van der Waals surface area contributed by atoms with Gasteiger partial charge in [-0.3, -0.25) is 9.59 Å². The molecule has 1 aromatic rings. The Morgan fingerprint density at radius 1 is 1.42 bits per heavy atom. The molecule has 2 heterocycles. The molecule has 0 spiro atoms. The second kappa shape index (κ2) is 7.81. The lowest BCUT2D eigenvalue weighted by Gasteiger charge is -2.10. The Labute approximate surface area is 117 Å². The molecule has 0 bridgehead atoms. The van der Waals surface area contributed by atoms with Gasteiger partial charge in [0.2, 0.25) is 11.8 Å². The Bertz CT molecular complexity index is 402. The number of furan rings is 1. The summed E-state index contributed by atoms with van der Waals surface area (Å²) in [7, 11) is 0. The molecule has 1 fully saturated rings. The molecule has 2 amide bonds. The average molecular weight is 288 g/mol. The van der Waals surface area contributed by atoms with Crippen molar-refractivity contribution in [3.63, 3.8) is 0 Å². The molecule has 1 aliphatic heterocycles. The van der Waals surface area contributed by atoms with E-state index in [1.54, 1.807) is 18.4 Å². The van der Waals surface area contributed by atoms with E-state index in [-0.39, 0.29) is 36.8 Å². The van der Waals surface area contributed by atoms with Crippen molar-refractivity contribution in [2.24, 2.45) is 0 Å². The van der Waals surface area contributed by atoms with Crippen molar-refractivity contribution < 1.29 is 14.0 Å². The number of carbonyl (C=O) groups excluding carboxylic acids is 2. The number of halogens is 1. The van der Waals surface area contributed by atoms with Gasteiger partial charge in [-0.05, 0) is 31.5 Å². The van der Waals surface area contributed by atoms with Crippen LogP contribution in [-0.2, 0) is 16.1 Å². The Morgan fingerprint density at radius 3 is 2.89 bits per heavy atom. The third kappa shape index (κ3) is 4.92. The summed E-state index contributed by atoms with van der Waals surface area (Å²) >= 11 is 0. The van der Waals surface area contributed by atoms with Gasteiger partial charge in [-0.15, -0.1) is 12.4 Å². The normalized spacial score (nSPS) is 17.6. The van der Waals surface area contributed by atoms with Crippen LogP contribution in [0.1, 0.15) is 18.6 Å². The van der Waals surface area contributed by atoms with E-state index in [4.69, 9.17) is 4.42 Å². The topological polar surface area (TPSA) is 83.4 Å². The zero-order chi connectivity index (χ0) is 12.8. The van der Waals surface area contributed by atoms with Gasteiger partial charge in [0, 0.05) is 0 Å². The van der Waals surface area contributed by atoms with E-state index in [2.05, 4.69) is 16.0 Å². The van der Waals surface area contributed by atoms with Crippen LogP contribution >= 0.6 is 12.4 Å². The summed E-state index contributed by atoms with van der Waals surface area (Å²) in [6, 6.07) is 3.39. The van der Waals surface area contributed by atoms with Crippen LogP contribution in [0.25, 0.3) is 0 Å². The number of amides is 2. The van der Waals surface area contributed by atoms with Gasteiger partial charge in [0.15, 0.2) is 0 Å². The maximum absolute atomic E-state index is 11.6. The minimum absolute atomic E-state index is 0. The van der Waals surface area contributed by atoms with Crippen LogP contribution in [0.5, 0.6) is 0 Å². The highest BCUT2D eigenvalue weighted by molar-refractivity contribution is 5.87. The van der Waals surface area contributed by atoms with Crippen molar-refractivity contribution in [2.45, 2.75) is 25.4 Å². The number of rotatable bonds is 5. The van der Waals surface area contributed by atoms with E-state index in [0.29, 0.717) is 12.3 Å². The fraction of sp³-hybridized carbons (Fsp3) is 0.500. The van der Waals surface area contributed by atoms with Gasteiger partial charge in [-0.1, -0.05) is 0 Å². The zero-order valence-corrected chi connectivity index (χ0v) is 11.3. The Morgan fingerprint density at radius 2 is 2.26 bits per heavy atom. The van der Waals surface area contributed by atoms with Gasteiger partial charge in [0.05, 0.1) is 25.4 Å². The number of nitrogens with one attached hydrogen (secondary N) is 3. The second-order valence-electron chi connectivity index (χ2n) is 4.22. The van der Waals surface area contributed by atoms with Crippen LogP contribution in [0.4, 0.5) is 0 Å². The first-order chi connectivity index (χ1) is 8.75. The van der Waals surface area contributed by atoms with Gasteiger partial charge in [0.25, 0.3) is 0 Å². The predicted molar refractivity (Wildman–Crippen MR) is 71.8 cm³/mol. The molecular weight excluding hydrogens is 270 g/mol. The number of carbonyl (C=O) groups is 2. The monoisotopic (exact) mass is 287 g/mol. The van der Waals surface area contributed by atoms with E-state index < -0.39 is 0 Å². The molecule has 6 nitrogen and oxygen atoms in total. The Kier molecular flexibility index (Phi) is 6.38. The lowest BCUT2D eigenvalue weighted by atomic mass is 10.2. The SMILES string of the molecule is Cl.O=C(CNC(=O)C1CCCN1)NCc1ccco1. The van der Waals surface area contributed by atoms with Crippen LogP contribution in [-0.4, -0.2) is 30.9 Å². The average Bonchev–Trinajstić information content (AvgIpc) is 3.05. The lowest BCUT2D eigenvalue weighted by Crippen LogP contribution is -2.44. The number of hydrogen-bond acceptors (Lipinski definition) is 4. The van der Waals surface area contributed by atoms with Crippen molar-refractivity contribution in [2.75, 3.05) is 13.1 Å². The first kappa shape index (κ1) is 15.5. The van der Waals surface area contributed by atoms with Gasteiger partial charge >= 0.3 is 0 Å². The molecule has 1 atom stereocenters. The number of hydrogen-bond donors (Lipinski definition) is 3. The van der Waals surface area contributed by atoms with Crippen molar-refractivity contribution in [3.8, 4) is 0 Å². The van der Waals surface area contributed by atoms with E-state index in [1.807, 2.05) is 0 Å². The Hall–Kier alpha value is -1.53. The molecule has 0 saturated carbocycles. The van der Waals surface area contributed by atoms with Crippen LogP contribution in [0.15, 0.2) is 22.8 Å². The molecule has 0 aromatic carbocycles. The first-order valence-electron chi connectivity index (χ1n) is 6.06. The molecule has 2 rings (SSSR count). The summed E-state index contributed by atoms with van der Waals surface area (Å²) in [5.41, 5.74) is 0. The summed E-state index contributed by atoms with van der Waals surface area (Å²) in [6.07, 6.45) is 3.39. The molecule has 7 heteroatoms. The van der Waals surface area contributed by atoms with Crippen molar-refractivity contribution in [1.29, 1.82) is 0 Å². The third-order valence-corrected chi connectivity index (χ3v) is 2.84. The molecule has 19 heavy (non-hydrogen) atoms. The molecule has 3 N–H and O–H groups in total. The van der Waals surface area contributed by atoms with E-state index in [0.717, 1.165) is 19.4 Å². The second-order valence-corrected chi connectivity index (χ2v) is 4.22. The maximum Gasteiger partial charge on any atom is 0.239 e. The molecule has 1 unspecified atom stereocenters. The van der Waals surface area contributed by atoms with E-state index >= 15 is 0 Å². The highest BCUT2D eigenvalue weighted by Gasteiger charge is 2.21. The summed E-state index contributed by atoms with van der Waals surface area (Å²) < 4.78 is 5.08. The quantitative estimate of drug-likeness (QED) is 0.722. The van der Waals surface area contributed by atoms with Gasteiger partial charge in [0.1, 0.15) is 5.76 Å². The molecule has 0 aliphatic carbocycles. The van der Waals surface area contributed by atoms with Crippen molar-refractivity contribution in [3.05, 3.63) is 24.2 Å². The molecule has 1 saturated heterocycles. The van der Waals surface area contributed by atoms with Crippen molar-refractivity contribution >= 4 is 24.2 Å². The minimum atomic E-state index is -0.224. The van der Waals surface area contributed by atoms with Crippen LogP contribution in [0.3, 0.4) is 0 Å². The summed E-state index contributed by atoms with van der Waals surface area (Å²) in [5.74, 6) is 0.352. The van der Waals surface area contributed by atoms with Gasteiger partial charge in [-0.25, -0.2) is 0 Å². The van der Waals surface area contributed by atoms with Crippen LogP contribution in [0.2, 0.25) is 0 Å². The summed E-state index contributed by atoms with van der Waals surface area (Å²) in [5, 5.41) is 8.35. The molecule has 1 aliphatic rings. The first-order valence-corrected chi connectivity index (χ1v) is 6.06. The standard InChI is InChI=1S/C12H17N3O3.ClH/c16-11(14-7-9-3-2-6-18-9)8-15-12(17)10-4-1-5-13-10;/h2-3,6,10,13H,1,4-5,7-8H2,(H,14,16)(H,15,17);1H. The van der Waals surface area contributed by atoms with Gasteiger partial charge in [-0.2, -0.15) is 0 Å². The highest BCUT2D eigenvalue weighted by atomic mass is 35.5. The van der Waals surface area contributed by atoms with Crippen LogP contribution < -0.4 is 16.0 Å². The van der Waals surface area contributed by atoms with Crippen LogP contribution in [0, 0.1) is 0 Å². The zero-order valence-electron chi connectivity index (χ0n) is 10.5. The fourth-order valence-electron chi connectivity index (χ4n) is 1.86. The maximum atomic E-state index is 11.6. The minimum Gasteiger partial charge on any atom is -0.467 e. The Balaban J connectivity index is 0.00000180. The third-order valence-electron chi connectivity index (χ3n) is 2.84.